The number of aliphatic hydroxyl groups is 1. The van der Waals surface area contributed by atoms with Crippen LogP contribution in [-0.2, 0) is 16.6 Å². The summed E-state index contributed by atoms with van der Waals surface area (Å²) in [5.41, 5.74) is 0.945. The molecule has 0 aliphatic heterocycles. The molecular weight excluding hydrogens is 278 g/mol. The predicted octanol–water partition coefficient (Wildman–Crippen LogP) is 0.925. The Morgan fingerprint density at radius 3 is 2.45 bits per heavy atom. The van der Waals surface area contributed by atoms with Gasteiger partial charge in [0.15, 0.2) is 5.03 Å². The lowest BCUT2D eigenvalue weighted by atomic mass is 9.99. The van der Waals surface area contributed by atoms with Crippen molar-refractivity contribution in [2.24, 2.45) is 17.8 Å². The standard InChI is InChI=1S/C13H21N3O3S/c1-8-12(7-17)13(16-15-8)20(18,19)14-6-11(9-2-3-9)10-4-5-10/h9-11,14,17H,2-7H2,1H3,(H,15,16). The molecule has 0 unspecified atom stereocenters. The molecule has 2 saturated carbocycles. The van der Waals surface area contributed by atoms with Gasteiger partial charge in [-0.15, -0.1) is 0 Å². The Hall–Kier alpha value is -0.920. The molecule has 0 bridgehead atoms. The van der Waals surface area contributed by atoms with Crippen molar-refractivity contribution in [1.82, 2.24) is 14.9 Å². The van der Waals surface area contributed by atoms with Gasteiger partial charge in [-0.05, 0) is 50.4 Å². The molecule has 112 valence electrons. The molecule has 1 heterocycles. The minimum Gasteiger partial charge on any atom is -0.392 e. The van der Waals surface area contributed by atoms with Gasteiger partial charge in [-0.2, -0.15) is 5.10 Å². The number of hydrogen-bond donors (Lipinski definition) is 3. The number of aryl methyl sites for hydroxylation is 1. The maximum Gasteiger partial charge on any atom is 0.260 e. The first kappa shape index (κ1) is 14.0. The van der Waals surface area contributed by atoms with E-state index < -0.39 is 10.0 Å². The molecule has 0 spiro atoms. The number of sulfonamides is 1. The van der Waals surface area contributed by atoms with Crippen LogP contribution in [0.15, 0.2) is 5.03 Å². The highest BCUT2D eigenvalue weighted by molar-refractivity contribution is 7.89. The lowest BCUT2D eigenvalue weighted by Gasteiger charge is -2.16. The lowest BCUT2D eigenvalue weighted by Crippen LogP contribution is -2.32. The molecule has 3 rings (SSSR count). The fourth-order valence-electron chi connectivity index (χ4n) is 2.88. The highest BCUT2D eigenvalue weighted by Crippen LogP contribution is 2.48. The average Bonchev–Trinajstić information content (AvgIpc) is 3.29. The summed E-state index contributed by atoms with van der Waals surface area (Å²) in [7, 11) is -3.64. The number of H-pyrrole nitrogens is 1. The number of aromatic amines is 1. The second kappa shape index (κ2) is 5.13. The number of aliphatic hydroxyl groups excluding tert-OH is 1. The van der Waals surface area contributed by atoms with Gasteiger partial charge in [0, 0.05) is 17.8 Å². The Morgan fingerprint density at radius 1 is 1.35 bits per heavy atom. The number of nitrogens with one attached hydrogen (secondary N) is 2. The summed E-state index contributed by atoms with van der Waals surface area (Å²) in [5, 5.41) is 15.7. The molecule has 2 aliphatic rings. The van der Waals surface area contributed by atoms with Crippen LogP contribution in [0.3, 0.4) is 0 Å². The first-order valence-electron chi connectivity index (χ1n) is 7.17. The van der Waals surface area contributed by atoms with Crippen molar-refractivity contribution in [2.45, 2.75) is 44.2 Å². The van der Waals surface area contributed by atoms with Crippen LogP contribution in [0, 0.1) is 24.7 Å². The molecule has 20 heavy (non-hydrogen) atoms. The van der Waals surface area contributed by atoms with E-state index in [9.17, 15) is 13.5 Å². The topological polar surface area (TPSA) is 95.1 Å². The molecule has 0 amide bonds. The fourth-order valence-corrected chi connectivity index (χ4v) is 4.14. The summed E-state index contributed by atoms with van der Waals surface area (Å²) >= 11 is 0. The zero-order chi connectivity index (χ0) is 14.3. The molecule has 0 radical (unpaired) electrons. The van der Waals surface area contributed by atoms with E-state index in [2.05, 4.69) is 14.9 Å². The molecule has 2 fully saturated rings. The third kappa shape index (κ3) is 2.75. The van der Waals surface area contributed by atoms with Crippen LogP contribution in [0.2, 0.25) is 0 Å². The van der Waals surface area contributed by atoms with Crippen LogP contribution in [0.25, 0.3) is 0 Å². The Labute approximate surface area is 119 Å². The van der Waals surface area contributed by atoms with E-state index >= 15 is 0 Å². The molecule has 2 aliphatic carbocycles. The first-order valence-corrected chi connectivity index (χ1v) is 8.65. The van der Waals surface area contributed by atoms with Gasteiger partial charge in [0.05, 0.1) is 6.61 Å². The van der Waals surface area contributed by atoms with E-state index in [-0.39, 0.29) is 11.6 Å². The zero-order valence-electron chi connectivity index (χ0n) is 11.6. The minimum absolute atomic E-state index is 0.0668. The van der Waals surface area contributed by atoms with Gasteiger partial charge in [0.1, 0.15) is 0 Å². The smallest absolute Gasteiger partial charge is 0.260 e. The average molecular weight is 299 g/mol. The van der Waals surface area contributed by atoms with E-state index in [1.54, 1.807) is 6.92 Å². The number of hydrogen-bond acceptors (Lipinski definition) is 4. The van der Waals surface area contributed by atoms with Gasteiger partial charge in [-0.25, -0.2) is 13.1 Å². The van der Waals surface area contributed by atoms with Crippen molar-refractivity contribution < 1.29 is 13.5 Å². The van der Waals surface area contributed by atoms with Gasteiger partial charge in [0.25, 0.3) is 10.0 Å². The van der Waals surface area contributed by atoms with E-state index in [1.165, 1.54) is 25.7 Å². The van der Waals surface area contributed by atoms with Gasteiger partial charge >= 0.3 is 0 Å². The predicted molar refractivity (Wildman–Crippen MR) is 73.4 cm³/mol. The molecule has 6 nitrogen and oxygen atoms in total. The zero-order valence-corrected chi connectivity index (χ0v) is 12.4. The summed E-state index contributed by atoms with van der Waals surface area (Å²) in [6.45, 7) is 1.87. The van der Waals surface area contributed by atoms with Crippen molar-refractivity contribution in [3.8, 4) is 0 Å². The van der Waals surface area contributed by atoms with E-state index in [0.29, 0.717) is 35.6 Å². The van der Waals surface area contributed by atoms with Crippen molar-refractivity contribution in [2.75, 3.05) is 6.54 Å². The second-order valence-corrected chi connectivity index (χ2v) is 7.66. The summed E-state index contributed by atoms with van der Waals surface area (Å²) in [6.07, 6.45) is 4.91. The SMILES string of the molecule is Cc1[nH]nc(S(=O)(=O)NCC(C2CC2)C2CC2)c1CO. The minimum atomic E-state index is -3.64. The first-order chi connectivity index (χ1) is 9.53. The third-order valence-corrected chi connectivity index (χ3v) is 5.81. The highest BCUT2D eigenvalue weighted by atomic mass is 32.2. The Bertz CT molecular complexity index is 576. The Balaban J connectivity index is 1.71. The molecule has 7 heteroatoms. The van der Waals surface area contributed by atoms with Crippen molar-refractivity contribution in [3.05, 3.63) is 11.3 Å². The molecule has 1 aromatic heterocycles. The Morgan fingerprint density at radius 2 is 1.95 bits per heavy atom. The van der Waals surface area contributed by atoms with Gasteiger partial charge in [0.2, 0.25) is 0 Å². The van der Waals surface area contributed by atoms with Crippen LogP contribution < -0.4 is 4.72 Å². The van der Waals surface area contributed by atoms with Crippen LogP contribution in [0.5, 0.6) is 0 Å². The van der Waals surface area contributed by atoms with E-state index in [4.69, 9.17) is 0 Å². The summed E-state index contributed by atoms with van der Waals surface area (Å²) in [6, 6.07) is 0. The molecule has 1 aromatic rings. The molecule has 0 atom stereocenters. The number of nitrogens with zero attached hydrogens (tertiary/aromatic N) is 1. The summed E-state index contributed by atoms with van der Waals surface area (Å²) < 4.78 is 27.3. The van der Waals surface area contributed by atoms with Crippen LogP contribution in [0.1, 0.15) is 36.9 Å². The maximum atomic E-state index is 12.3. The van der Waals surface area contributed by atoms with E-state index in [1.807, 2.05) is 0 Å². The summed E-state index contributed by atoms with van der Waals surface area (Å²) in [4.78, 5) is 0. The van der Waals surface area contributed by atoms with Crippen LogP contribution >= 0.6 is 0 Å². The van der Waals surface area contributed by atoms with Crippen molar-refractivity contribution in [1.29, 1.82) is 0 Å². The third-order valence-electron chi connectivity index (χ3n) is 4.41. The van der Waals surface area contributed by atoms with Crippen molar-refractivity contribution >= 4 is 10.0 Å². The number of rotatable bonds is 7. The van der Waals surface area contributed by atoms with Gasteiger partial charge < -0.3 is 5.11 Å². The van der Waals surface area contributed by atoms with Crippen molar-refractivity contribution in [3.63, 3.8) is 0 Å². The van der Waals surface area contributed by atoms with Crippen LogP contribution in [0.4, 0.5) is 0 Å². The van der Waals surface area contributed by atoms with Crippen LogP contribution in [-0.4, -0.2) is 30.3 Å². The van der Waals surface area contributed by atoms with Gasteiger partial charge in [-0.3, -0.25) is 5.10 Å². The van der Waals surface area contributed by atoms with E-state index in [0.717, 1.165) is 0 Å². The normalized spacial score (nSPS) is 19.8. The maximum absolute atomic E-state index is 12.3. The lowest BCUT2D eigenvalue weighted by molar-refractivity contribution is 0.277. The monoisotopic (exact) mass is 299 g/mol. The molecule has 0 saturated heterocycles. The second-order valence-electron chi connectivity index (χ2n) is 5.98. The molecule has 0 aromatic carbocycles. The molecular formula is C13H21N3O3S. The fraction of sp³-hybridized carbons (Fsp3) is 0.769. The largest absolute Gasteiger partial charge is 0.392 e. The quantitative estimate of drug-likeness (QED) is 0.698. The number of aromatic nitrogens is 2. The molecule has 3 N–H and O–H groups in total. The van der Waals surface area contributed by atoms with Gasteiger partial charge in [-0.1, -0.05) is 0 Å². The Kier molecular flexibility index (Phi) is 3.60. The highest BCUT2D eigenvalue weighted by Gasteiger charge is 2.41. The summed E-state index contributed by atoms with van der Waals surface area (Å²) in [5.74, 6) is 1.87.